The SMILES string of the molecule is O=C(Cc1ccccc1)N1CCN(Cc2cccc(OCc3ccccc3)c2)CC1. The van der Waals surface area contributed by atoms with Gasteiger partial charge >= 0.3 is 0 Å². The largest absolute Gasteiger partial charge is 0.489 e. The van der Waals surface area contributed by atoms with Gasteiger partial charge in [0.05, 0.1) is 6.42 Å². The Morgan fingerprint density at radius 2 is 1.37 bits per heavy atom. The van der Waals surface area contributed by atoms with Crippen LogP contribution >= 0.6 is 0 Å². The molecule has 3 aromatic rings. The van der Waals surface area contributed by atoms with E-state index in [9.17, 15) is 4.79 Å². The third-order valence-electron chi connectivity index (χ3n) is 5.48. The number of hydrogen-bond acceptors (Lipinski definition) is 3. The molecule has 0 N–H and O–H groups in total. The number of hydrogen-bond donors (Lipinski definition) is 0. The zero-order valence-electron chi connectivity index (χ0n) is 17.2. The predicted octanol–water partition coefficient (Wildman–Crippen LogP) is 4.15. The maximum Gasteiger partial charge on any atom is 0.227 e. The molecule has 0 spiro atoms. The van der Waals surface area contributed by atoms with Crippen LogP contribution in [-0.2, 0) is 24.4 Å². The van der Waals surface area contributed by atoms with Crippen molar-refractivity contribution in [3.8, 4) is 5.75 Å². The lowest BCUT2D eigenvalue weighted by molar-refractivity contribution is -0.132. The number of nitrogens with zero attached hydrogens (tertiary/aromatic N) is 2. The summed E-state index contributed by atoms with van der Waals surface area (Å²) in [6.45, 7) is 4.83. The number of carbonyl (C=O) groups is 1. The standard InChI is InChI=1S/C26H28N2O2/c29-26(19-22-8-3-1-4-9-22)28-16-14-27(15-17-28)20-24-12-7-13-25(18-24)30-21-23-10-5-2-6-11-23/h1-13,18H,14-17,19-21H2. The fraction of sp³-hybridized carbons (Fsp3) is 0.269. The minimum atomic E-state index is 0.220. The first-order chi connectivity index (χ1) is 14.8. The molecule has 0 aromatic heterocycles. The minimum Gasteiger partial charge on any atom is -0.489 e. The summed E-state index contributed by atoms with van der Waals surface area (Å²) in [6.07, 6.45) is 0.488. The van der Waals surface area contributed by atoms with Crippen molar-refractivity contribution < 1.29 is 9.53 Å². The highest BCUT2D eigenvalue weighted by atomic mass is 16.5. The summed E-state index contributed by atoms with van der Waals surface area (Å²) >= 11 is 0. The molecule has 30 heavy (non-hydrogen) atoms. The predicted molar refractivity (Wildman–Crippen MR) is 119 cm³/mol. The van der Waals surface area contributed by atoms with Crippen LogP contribution in [-0.4, -0.2) is 41.9 Å². The number of carbonyl (C=O) groups excluding carboxylic acids is 1. The molecular formula is C26H28N2O2. The molecular weight excluding hydrogens is 372 g/mol. The zero-order chi connectivity index (χ0) is 20.6. The van der Waals surface area contributed by atoms with Crippen molar-refractivity contribution in [3.05, 3.63) is 102 Å². The van der Waals surface area contributed by atoms with Crippen LogP contribution in [0.2, 0.25) is 0 Å². The molecule has 4 heteroatoms. The van der Waals surface area contributed by atoms with Gasteiger partial charge in [-0.2, -0.15) is 0 Å². The maximum atomic E-state index is 12.6. The number of amides is 1. The summed E-state index contributed by atoms with van der Waals surface area (Å²) in [6, 6.07) is 28.5. The molecule has 154 valence electrons. The average Bonchev–Trinajstić information content (AvgIpc) is 2.80. The Kier molecular flexibility index (Phi) is 6.78. The monoisotopic (exact) mass is 400 g/mol. The summed E-state index contributed by atoms with van der Waals surface area (Å²) in [5.41, 5.74) is 3.49. The van der Waals surface area contributed by atoms with Gasteiger partial charge in [-0.1, -0.05) is 72.8 Å². The Labute approximate surface area is 178 Å². The quantitative estimate of drug-likeness (QED) is 0.597. The van der Waals surface area contributed by atoms with Crippen LogP contribution in [0.5, 0.6) is 5.75 Å². The molecule has 0 radical (unpaired) electrons. The van der Waals surface area contributed by atoms with Gasteiger partial charge in [0.25, 0.3) is 0 Å². The molecule has 0 atom stereocenters. The molecule has 1 heterocycles. The summed E-state index contributed by atoms with van der Waals surface area (Å²) < 4.78 is 5.96. The van der Waals surface area contributed by atoms with E-state index in [0.29, 0.717) is 13.0 Å². The fourth-order valence-corrected chi connectivity index (χ4v) is 3.77. The Hall–Kier alpha value is -3.11. The minimum absolute atomic E-state index is 0.220. The molecule has 0 unspecified atom stereocenters. The number of ether oxygens (including phenoxy) is 1. The van der Waals surface area contributed by atoms with E-state index in [2.05, 4.69) is 35.2 Å². The first kappa shape index (κ1) is 20.2. The molecule has 3 aromatic carbocycles. The normalized spacial score (nSPS) is 14.5. The second-order valence-electron chi connectivity index (χ2n) is 7.74. The van der Waals surface area contributed by atoms with Crippen molar-refractivity contribution in [1.82, 2.24) is 9.80 Å². The zero-order valence-corrected chi connectivity index (χ0v) is 17.2. The molecule has 4 nitrogen and oxygen atoms in total. The van der Waals surface area contributed by atoms with Crippen molar-refractivity contribution >= 4 is 5.91 Å². The van der Waals surface area contributed by atoms with Crippen LogP contribution in [0.15, 0.2) is 84.9 Å². The van der Waals surface area contributed by atoms with Crippen LogP contribution in [0.25, 0.3) is 0 Å². The lowest BCUT2D eigenvalue weighted by atomic mass is 10.1. The van der Waals surface area contributed by atoms with E-state index >= 15 is 0 Å². The Balaban J connectivity index is 1.25. The van der Waals surface area contributed by atoms with Gasteiger partial charge in [-0.15, -0.1) is 0 Å². The molecule has 4 rings (SSSR count). The highest BCUT2D eigenvalue weighted by molar-refractivity contribution is 5.78. The van der Waals surface area contributed by atoms with E-state index in [1.54, 1.807) is 0 Å². The van der Waals surface area contributed by atoms with Crippen molar-refractivity contribution in [2.75, 3.05) is 26.2 Å². The van der Waals surface area contributed by atoms with Crippen LogP contribution in [0.3, 0.4) is 0 Å². The third kappa shape index (κ3) is 5.71. The Morgan fingerprint density at radius 3 is 2.07 bits per heavy atom. The van der Waals surface area contributed by atoms with Crippen molar-refractivity contribution in [1.29, 1.82) is 0 Å². The lowest BCUT2D eigenvalue weighted by Gasteiger charge is -2.35. The Bertz CT molecular complexity index is 936. The van der Waals surface area contributed by atoms with E-state index in [1.807, 2.05) is 59.5 Å². The summed E-state index contributed by atoms with van der Waals surface area (Å²) in [4.78, 5) is 17.0. The maximum absolute atomic E-state index is 12.6. The average molecular weight is 401 g/mol. The molecule has 0 aliphatic carbocycles. The smallest absolute Gasteiger partial charge is 0.227 e. The fourth-order valence-electron chi connectivity index (χ4n) is 3.77. The first-order valence-corrected chi connectivity index (χ1v) is 10.6. The molecule has 0 saturated carbocycles. The molecule has 0 bridgehead atoms. The van der Waals surface area contributed by atoms with Gasteiger partial charge in [0.15, 0.2) is 0 Å². The van der Waals surface area contributed by atoms with E-state index in [-0.39, 0.29) is 5.91 Å². The summed E-state index contributed by atoms with van der Waals surface area (Å²) in [7, 11) is 0. The van der Waals surface area contributed by atoms with Gasteiger partial charge < -0.3 is 9.64 Å². The van der Waals surface area contributed by atoms with Gasteiger partial charge in [0.2, 0.25) is 5.91 Å². The highest BCUT2D eigenvalue weighted by Gasteiger charge is 2.21. The second-order valence-corrected chi connectivity index (χ2v) is 7.74. The van der Waals surface area contributed by atoms with Crippen molar-refractivity contribution in [3.63, 3.8) is 0 Å². The molecule has 1 fully saturated rings. The Morgan fingerprint density at radius 1 is 0.733 bits per heavy atom. The number of rotatable bonds is 7. The summed E-state index contributed by atoms with van der Waals surface area (Å²) in [5, 5.41) is 0. The van der Waals surface area contributed by atoms with Gasteiger partial charge in [-0.25, -0.2) is 0 Å². The highest BCUT2D eigenvalue weighted by Crippen LogP contribution is 2.17. The second kappa shape index (κ2) is 10.1. The topological polar surface area (TPSA) is 32.8 Å². The van der Waals surface area contributed by atoms with Gasteiger partial charge in [0.1, 0.15) is 12.4 Å². The van der Waals surface area contributed by atoms with Crippen LogP contribution in [0.1, 0.15) is 16.7 Å². The van der Waals surface area contributed by atoms with Crippen LogP contribution < -0.4 is 4.74 Å². The van der Waals surface area contributed by atoms with E-state index < -0.39 is 0 Å². The third-order valence-corrected chi connectivity index (χ3v) is 5.48. The van der Waals surface area contributed by atoms with Gasteiger partial charge in [0, 0.05) is 32.7 Å². The molecule has 1 aliphatic rings. The van der Waals surface area contributed by atoms with E-state index in [4.69, 9.17) is 4.74 Å². The van der Waals surface area contributed by atoms with E-state index in [0.717, 1.165) is 44.0 Å². The van der Waals surface area contributed by atoms with Gasteiger partial charge in [-0.05, 0) is 28.8 Å². The van der Waals surface area contributed by atoms with Crippen molar-refractivity contribution in [2.24, 2.45) is 0 Å². The van der Waals surface area contributed by atoms with Crippen LogP contribution in [0, 0.1) is 0 Å². The molecule has 1 saturated heterocycles. The lowest BCUT2D eigenvalue weighted by Crippen LogP contribution is -2.48. The number of benzene rings is 3. The first-order valence-electron chi connectivity index (χ1n) is 10.6. The molecule has 1 aliphatic heterocycles. The van der Waals surface area contributed by atoms with E-state index in [1.165, 1.54) is 11.1 Å². The summed E-state index contributed by atoms with van der Waals surface area (Å²) in [5.74, 6) is 1.12. The van der Waals surface area contributed by atoms with Gasteiger partial charge in [-0.3, -0.25) is 9.69 Å². The van der Waals surface area contributed by atoms with Crippen molar-refractivity contribution in [2.45, 2.75) is 19.6 Å². The van der Waals surface area contributed by atoms with Crippen LogP contribution in [0.4, 0.5) is 0 Å². The molecule has 1 amide bonds. The number of piperazine rings is 1.